The van der Waals surface area contributed by atoms with Crippen LogP contribution in [0, 0.1) is 12.8 Å². The van der Waals surface area contributed by atoms with Crippen LogP contribution in [0.15, 0.2) is 0 Å². The zero-order chi connectivity index (χ0) is 15.5. The smallest absolute Gasteiger partial charge is 0.347 e. The van der Waals surface area contributed by atoms with Gasteiger partial charge in [0.05, 0.1) is 11.6 Å². The molecule has 1 aromatic rings. The van der Waals surface area contributed by atoms with Gasteiger partial charge in [-0.2, -0.15) is 13.2 Å². The number of thiazole rings is 1. The van der Waals surface area contributed by atoms with Gasteiger partial charge in [-0.05, 0) is 32.7 Å². The summed E-state index contributed by atoms with van der Waals surface area (Å²) in [4.78, 5) is 7.38. The van der Waals surface area contributed by atoms with E-state index >= 15 is 0 Å². The maximum absolute atomic E-state index is 12.9. The van der Waals surface area contributed by atoms with E-state index in [1.807, 2.05) is 6.92 Å². The van der Waals surface area contributed by atoms with Crippen molar-refractivity contribution in [3.63, 3.8) is 0 Å². The van der Waals surface area contributed by atoms with Crippen LogP contribution in [0.4, 0.5) is 18.3 Å². The number of rotatable bonds is 5. The minimum Gasteiger partial charge on any atom is -0.347 e. The molecular formula is C14H22F3N3S. The number of piperidine rings is 1. The molecule has 0 spiro atoms. The maximum Gasteiger partial charge on any atom is 0.393 e. The van der Waals surface area contributed by atoms with Crippen molar-refractivity contribution in [2.24, 2.45) is 5.92 Å². The number of nitrogens with one attached hydrogen (secondary N) is 1. The lowest BCUT2D eigenvalue weighted by Gasteiger charge is -2.33. The number of hydrogen-bond acceptors (Lipinski definition) is 4. The molecule has 1 aromatic heterocycles. The van der Waals surface area contributed by atoms with Crippen molar-refractivity contribution < 1.29 is 13.2 Å². The van der Waals surface area contributed by atoms with Gasteiger partial charge in [0, 0.05) is 24.5 Å². The quantitative estimate of drug-likeness (QED) is 0.838. The minimum absolute atomic E-state index is 0.0400. The lowest BCUT2D eigenvalue weighted by atomic mass is 9.98. The third-order valence-electron chi connectivity index (χ3n) is 3.75. The normalized spacial score (nSPS) is 20.0. The van der Waals surface area contributed by atoms with E-state index in [1.54, 1.807) is 4.90 Å². The lowest BCUT2D eigenvalue weighted by molar-refractivity contribution is -0.175. The molecule has 3 nitrogen and oxygen atoms in total. The summed E-state index contributed by atoms with van der Waals surface area (Å²) >= 11 is 1.51. The lowest BCUT2D eigenvalue weighted by Crippen LogP contribution is -2.41. The average molecular weight is 321 g/mol. The summed E-state index contributed by atoms with van der Waals surface area (Å²) < 4.78 is 38.6. The molecule has 1 unspecified atom stereocenters. The van der Waals surface area contributed by atoms with E-state index in [0.717, 1.165) is 35.2 Å². The fourth-order valence-electron chi connectivity index (χ4n) is 2.51. The van der Waals surface area contributed by atoms with Gasteiger partial charge >= 0.3 is 6.18 Å². The van der Waals surface area contributed by atoms with Crippen LogP contribution in [0.3, 0.4) is 0 Å². The van der Waals surface area contributed by atoms with Crippen molar-refractivity contribution in [3.8, 4) is 0 Å². The van der Waals surface area contributed by atoms with E-state index in [2.05, 4.69) is 17.2 Å². The Morgan fingerprint density at radius 3 is 2.86 bits per heavy atom. The molecule has 21 heavy (non-hydrogen) atoms. The van der Waals surface area contributed by atoms with Gasteiger partial charge in [0.25, 0.3) is 0 Å². The van der Waals surface area contributed by atoms with Crippen LogP contribution in [0.25, 0.3) is 0 Å². The van der Waals surface area contributed by atoms with Crippen molar-refractivity contribution in [1.82, 2.24) is 10.3 Å². The second-order valence-corrected chi connectivity index (χ2v) is 6.57. The summed E-state index contributed by atoms with van der Waals surface area (Å²) in [6.07, 6.45) is -2.23. The van der Waals surface area contributed by atoms with Crippen molar-refractivity contribution in [1.29, 1.82) is 0 Å². The van der Waals surface area contributed by atoms with Crippen LogP contribution in [-0.4, -0.2) is 30.8 Å². The second-order valence-electron chi connectivity index (χ2n) is 5.51. The maximum atomic E-state index is 12.9. The van der Waals surface area contributed by atoms with E-state index in [1.165, 1.54) is 11.3 Å². The third kappa shape index (κ3) is 4.32. The highest BCUT2D eigenvalue weighted by molar-refractivity contribution is 7.15. The molecule has 1 atom stereocenters. The number of halogens is 3. The molecule has 0 aliphatic carbocycles. The van der Waals surface area contributed by atoms with Crippen molar-refractivity contribution in [2.45, 2.75) is 45.8 Å². The molecule has 0 aromatic carbocycles. The molecule has 1 aliphatic heterocycles. The summed E-state index contributed by atoms with van der Waals surface area (Å²) in [7, 11) is 0. The van der Waals surface area contributed by atoms with Crippen LogP contribution in [0.5, 0.6) is 0 Å². The highest BCUT2D eigenvalue weighted by atomic mass is 32.1. The van der Waals surface area contributed by atoms with Gasteiger partial charge in [0.1, 0.15) is 0 Å². The Morgan fingerprint density at radius 1 is 1.43 bits per heavy atom. The number of aromatic nitrogens is 1. The van der Waals surface area contributed by atoms with E-state index in [0.29, 0.717) is 13.0 Å². The van der Waals surface area contributed by atoms with E-state index < -0.39 is 12.1 Å². The van der Waals surface area contributed by atoms with Gasteiger partial charge in [-0.15, -0.1) is 11.3 Å². The monoisotopic (exact) mass is 321 g/mol. The van der Waals surface area contributed by atoms with Crippen LogP contribution < -0.4 is 10.2 Å². The van der Waals surface area contributed by atoms with E-state index in [4.69, 9.17) is 0 Å². The summed E-state index contributed by atoms with van der Waals surface area (Å²) in [6.45, 7) is 6.41. The first kappa shape index (κ1) is 16.5. The molecule has 0 amide bonds. The Kier molecular flexibility index (Phi) is 5.48. The number of aryl methyl sites for hydroxylation is 1. The summed E-state index contributed by atoms with van der Waals surface area (Å²) in [5, 5.41) is 4.04. The highest BCUT2D eigenvalue weighted by Crippen LogP contribution is 2.36. The van der Waals surface area contributed by atoms with Crippen LogP contribution in [0.2, 0.25) is 0 Å². The molecule has 1 fully saturated rings. The third-order valence-corrected chi connectivity index (χ3v) is 4.97. The van der Waals surface area contributed by atoms with Gasteiger partial charge < -0.3 is 10.2 Å². The first-order valence-corrected chi connectivity index (χ1v) is 8.22. The molecular weight excluding hydrogens is 299 g/mol. The molecule has 0 radical (unpaired) electrons. The summed E-state index contributed by atoms with van der Waals surface area (Å²) in [5.41, 5.74) is 0.924. The van der Waals surface area contributed by atoms with E-state index in [-0.39, 0.29) is 13.0 Å². The Morgan fingerprint density at radius 2 is 2.19 bits per heavy atom. The minimum atomic E-state index is -4.10. The van der Waals surface area contributed by atoms with Crippen molar-refractivity contribution in [2.75, 3.05) is 24.5 Å². The van der Waals surface area contributed by atoms with Crippen molar-refractivity contribution in [3.05, 3.63) is 10.6 Å². The van der Waals surface area contributed by atoms with Gasteiger partial charge in [-0.1, -0.05) is 6.92 Å². The molecule has 1 N–H and O–H groups in total. The van der Waals surface area contributed by atoms with Gasteiger partial charge in [0.2, 0.25) is 0 Å². The largest absolute Gasteiger partial charge is 0.393 e. The first-order valence-electron chi connectivity index (χ1n) is 7.40. The first-order chi connectivity index (χ1) is 9.91. The predicted octanol–water partition coefficient (Wildman–Crippen LogP) is 3.73. The molecule has 0 bridgehead atoms. The number of anilines is 1. The van der Waals surface area contributed by atoms with Crippen LogP contribution in [0.1, 0.15) is 36.8 Å². The van der Waals surface area contributed by atoms with Gasteiger partial charge in [0.15, 0.2) is 5.13 Å². The topological polar surface area (TPSA) is 28.2 Å². The van der Waals surface area contributed by atoms with Crippen LogP contribution >= 0.6 is 11.3 Å². The molecule has 120 valence electrons. The zero-order valence-electron chi connectivity index (χ0n) is 12.5. The highest BCUT2D eigenvalue weighted by Gasteiger charge is 2.42. The average Bonchev–Trinajstić information content (AvgIpc) is 2.80. The van der Waals surface area contributed by atoms with E-state index in [9.17, 15) is 13.2 Å². The number of alkyl halides is 3. The Hall–Kier alpha value is -0.820. The summed E-state index contributed by atoms with van der Waals surface area (Å²) in [5.74, 6) is -1.22. The molecule has 0 saturated carbocycles. The SMILES string of the molecule is CCCNCc1sc(N2CCCC(C(F)(F)F)C2)nc1C. The zero-order valence-corrected chi connectivity index (χ0v) is 13.3. The molecule has 1 saturated heterocycles. The van der Waals surface area contributed by atoms with Crippen molar-refractivity contribution >= 4 is 16.5 Å². The van der Waals surface area contributed by atoms with Crippen LogP contribution in [-0.2, 0) is 6.54 Å². The van der Waals surface area contributed by atoms with Gasteiger partial charge in [-0.25, -0.2) is 4.98 Å². The fraction of sp³-hybridized carbons (Fsp3) is 0.786. The second kappa shape index (κ2) is 6.96. The predicted molar refractivity (Wildman–Crippen MR) is 79.8 cm³/mol. The standard InChI is InChI=1S/C14H22F3N3S/c1-3-6-18-8-12-10(2)19-13(21-12)20-7-4-5-11(9-20)14(15,16)17/h11,18H,3-9H2,1-2H3. The molecule has 7 heteroatoms. The number of nitrogens with zero attached hydrogens (tertiary/aromatic N) is 2. The Balaban J connectivity index is 2.02. The van der Waals surface area contributed by atoms with Gasteiger partial charge in [-0.3, -0.25) is 0 Å². The Bertz CT molecular complexity index is 459. The summed E-state index contributed by atoms with van der Waals surface area (Å²) in [6, 6.07) is 0. The molecule has 1 aliphatic rings. The molecule has 2 heterocycles. The fourth-order valence-corrected chi connectivity index (χ4v) is 3.57. The Labute approximate surface area is 127 Å². The number of hydrogen-bond donors (Lipinski definition) is 1. The molecule has 2 rings (SSSR count).